The van der Waals surface area contributed by atoms with Crippen LogP contribution in [0.5, 0.6) is 0 Å². The quantitative estimate of drug-likeness (QED) is 0.637. The molecule has 100 valence electrons. The van der Waals surface area contributed by atoms with Gasteiger partial charge in [-0.3, -0.25) is 9.69 Å². The molecule has 1 aliphatic rings. The Balaban J connectivity index is 2.32. The minimum atomic E-state index is -0.288. The van der Waals surface area contributed by atoms with Gasteiger partial charge in [-0.2, -0.15) is 0 Å². The summed E-state index contributed by atoms with van der Waals surface area (Å²) in [6.07, 6.45) is 0.677. The van der Waals surface area contributed by atoms with Gasteiger partial charge in [-0.05, 0) is 32.7 Å². The summed E-state index contributed by atoms with van der Waals surface area (Å²) < 4.78 is 4.88. The molecule has 1 rings (SSSR count). The normalized spacial score (nSPS) is 24.6. The maximum atomic E-state index is 11.8. The van der Waals surface area contributed by atoms with E-state index < -0.39 is 0 Å². The number of aliphatic hydroxyl groups is 1. The van der Waals surface area contributed by atoms with Crippen molar-refractivity contribution in [1.29, 1.82) is 0 Å². The van der Waals surface area contributed by atoms with Crippen LogP contribution >= 0.6 is 0 Å². The van der Waals surface area contributed by atoms with Gasteiger partial charge in [0.05, 0.1) is 18.8 Å². The molecule has 0 aromatic carbocycles. The van der Waals surface area contributed by atoms with Crippen LogP contribution in [0, 0.1) is 5.92 Å². The SMILES string of the molecule is COCCNC(=O)C(C)N1CCC(C(C)O)C1. The molecule has 0 bridgehead atoms. The summed E-state index contributed by atoms with van der Waals surface area (Å²) in [5, 5.41) is 12.4. The van der Waals surface area contributed by atoms with Crippen LogP contribution < -0.4 is 5.32 Å². The van der Waals surface area contributed by atoms with Crippen molar-refractivity contribution in [3.05, 3.63) is 0 Å². The lowest BCUT2D eigenvalue weighted by molar-refractivity contribution is -0.125. The Bertz CT molecular complexity index is 246. The van der Waals surface area contributed by atoms with E-state index in [1.165, 1.54) is 0 Å². The molecule has 1 fully saturated rings. The van der Waals surface area contributed by atoms with Crippen LogP contribution in [-0.2, 0) is 9.53 Å². The van der Waals surface area contributed by atoms with Crippen molar-refractivity contribution in [3.63, 3.8) is 0 Å². The van der Waals surface area contributed by atoms with Crippen LogP contribution in [0.2, 0.25) is 0 Å². The fourth-order valence-electron chi connectivity index (χ4n) is 2.15. The largest absolute Gasteiger partial charge is 0.393 e. The van der Waals surface area contributed by atoms with Gasteiger partial charge in [0.25, 0.3) is 0 Å². The fourth-order valence-corrected chi connectivity index (χ4v) is 2.15. The Morgan fingerprint density at radius 1 is 1.59 bits per heavy atom. The first-order chi connectivity index (χ1) is 8.06. The summed E-state index contributed by atoms with van der Waals surface area (Å²) in [4.78, 5) is 13.9. The topological polar surface area (TPSA) is 61.8 Å². The van der Waals surface area contributed by atoms with E-state index in [-0.39, 0.29) is 18.1 Å². The molecule has 0 radical (unpaired) electrons. The predicted octanol–water partition coefficient (Wildman–Crippen LogP) is -0.160. The average Bonchev–Trinajstić information content (AvgIpc) is 2.77. The summed E-state index contributed by atoms with van der Waals surface area (Å²) in [5.74, 6) is 0.331. The second-order valence-electron chi connectivity index (χ2n) is 4.74. The molecule has 0 spiro atoms. The van der Waals surface area contributed by atoms with Crippen LogP contribution in [0.25, 0.3) is 0 Å². The van der Waals surface area contributed by atoms with Gasteiger partial charge in [0.2, 0.25) is 5.91 Å². The van der Waals surface area contributed by atoms with Gasteiger partial charge < -0.3 is 15.2 Å². The Kier molecular flexibility index (Phi) is 5.88. The zero-order chi connectivity index (χ0) is 12.8. The van der Waals surface area contributed by atoms with Gasteiger partial charge in [0.15, 0.2) is 0 Å². The second kappa shape index (κ2) is 6.93. The van der Waals surface area contributed by atoms with Crippen molar-refractivity contribution in [2.45, 2.75) is 32.4 Å². The first kappa shape index (κ1) is 14.4. The molecule has 1 amide bonds. The summed E-state index contributed by atoms with van der Waals surface area (Å²) in [6, 6.07) is -0.129. The van der Waals surface area contributed by atoms with Crippen molar-refractivity contribution in [3.8, 4) is 0 Å². The van der Waals surface area contributed by atoms with Gasteiger partial charge in [-0.25, -0.2) is 0 Å². The van der Waals surface area contributed by atoms with Crippen molar-refractivity contribution in [2.75, 3.05) is 33.4 Å². The van der Waals surface area contributed by atoms with Crippen LogP contribution in [-0.4, -0.2) is 61.4 Å². The van der Waals surface area contributed by atoms with Crippen LogP contribution in [0.1, 0.15) is 20.3 Å². The number of ether oxygens (including phenoxy) is 1. The van der Waals surface area contributed by atoms with Crippen molar-refractivity contribution < 1.29 is 14.6 Å². The van der Waals surface area contributed by atoms with Crippen LogP contribution in [0.4, 0.5) is 0 Å². The molecular formula is C12H24N2O3. The maximum Gasteiger partial charge on any atom is 0.237 e. The van der Waals surface area contributed by atoms with E-state index in [4.69, 9.17) is 4.74 Å². The summed E-state index contributed by atoms with van der Waals surface area (Å²) in [7, 11) is 1.61. The van der Waals surface area contributed by atoms with E-state index in [1.54, 1.807) is 7.11 Å². The summed E-state index contributed by atoms with van der Waals surface area (Å²) >= 11 is 0. The molecule has 1 heterocycles. The summed E-state index contributed by atoms with van der Waals surface area (Å²) in [6.45, 7) is 6.50. The highest BCUT2D eigenvalue weighted by atomic mass is 16.5. The third kappa shape index (κ3) is 4.26. The number of likely N-dealkylation sites (tertiary alicyclic amines) is 1. The third-order valence-electron chi connectivity index (χ3n) is 3.47. The molecule has 0 saturated carbocycles. The Labute approximate surface area is 103 Å². The van der Waals surface area contributed by atoms with Gasteiger partial charge >= 0.3 is 0 Å². The van der Waals surface area contributed by atoms with Gasteiger partial charge in [0, 0.05) is 20.2 Å². The van der Waals surface area contributed by atoms with Crippen molar-refractivity contribution in [2.24, 2.45) is 5.92 Å². The molecule has 3 unspecified atom stereocenters. The highest BCUT2D eigenvalue weighted by Crippen LogP contribution is 2.21. The number of hydrogen-bond acceptors (Lipinski definition) is 4. The maximum absolute atomic E-state index is 11.8. The smallest absolute Gasteiger partial charge is 0.237 e. The molecule has 0 aliphatic carbocycles. The van der Waals surface area contributed by atoms with E-state index in [9.17, 15) is 9.90 Å². The van der Waals surface area contributed by atoms with E-state index in [0.29, 0.717) is 19.1 Å². The lowest BCUT2D eigenvalue weighted by atomic mass is 10.0. The zero-order valence-corrected chi connectivity index (χ0v) is 11.0. The predicted molar refractivity (Wildman–Crippen MR) is 65.7 cm³/mol. The fraction of sp³-hybridized carbons (Fsp3) is 0.917. The molecule has 17 heavy (non-hydrogen) atoms. The molecular weight excluding hydrogens is 220 g/mol. The van der Waals surface area contributed by atoms with Crippen molar-refractivity contribution in [1.82, 2.24) is 10.2 Å². The summed E-state index contributed by atoms with van der Waals surface area (Å²) in [5.41, 5.74) is 0. The minimum absolute atomic E-state index is 0.0355. The van der Waals surface area contributed by atoms with E-state index in [2.05, 4.69) is 10.2 Å². The molecule has 0 aromatic heterocycles. The first-order valence-corrected chi connectivity index (χ1v) is 6.25. The number of carbonyl (C=O) groups is 1. The number of aliphatic hydroxyl groups excluding tert-OH is 1. The second-order valence-corrected chi connectivity index (χ2v) is 4.74. The molecule has 5 heteroatoms. The molecule has 5 nitrogen and oxygen atoms in total. The molecule has 3 atom stereocenters. The Morgan fingerprint density at radius 3 is 2.82 bits per heavy atom. The number of hydrogen-bond donors (Lipinski definition) is 2. The van der Waals surface area contributed by atoms with E-state index >= 15 is 0 Å². The van der Waals surface area contributed by atoms with Gasteiger partial charge in [-0.1, -0.05) is 0 Å². The lowest BCUT2D eigenvalue weighted by Gasteiger charge is -2.24. The zero-order valence-electron chi connectivity index (χ0n) is 11.0. The van der Waals surface area contributed by atoms with Gasteiger partial charge in [0.1, 0.15) is 0 Å². The average molecular weight is 244 g/mol. The number of nitrogens with one attached hydrogen (secondary N) is 1. The van der Waals surface area contributed by atoms with Crippen LogP contribution in [0.15, 0.2) is 0 Å². The van der Waals surface area contributed by atoms with Crippen molar-refractivity contribution >= 4 is 5.91 Å². The molecule has 1 saturated heterocycles. The third-order valence-corrected chi connectivity index (χ3v) is 3.47. The number of nitrogens with zero attached hydrogens (tertiary/aromatic N) is 1. The molecule has 1 aliphatic heterocycles. The Morgan fingerprint density at radius 2 is 2.29 bits per heavy atom. The standard InChI is InChI=1S/C12H24N2O3/c1-9(12(16)13-5-7-17-3)14-6-4-11(8-14)10(2)15/h9-11,15H,4-8H2,1-3H3,(H,13,16). The monoisotopic (exact) mass is 244 g/mol. The number of carbonyl (C=O) groups excluding carboxylic acids is 1. The molecule has 2 N–H and O–H groups in total. The van der Waals surface area contributed by atoms with Crippen LogP contribution in [0.3, 0.4) is 0 Å². The number of amides is 1. The molecule has 0 aromatic rings. The van der Waals surface area contributed by atoms with E-state index in [1.807, 2.05) is 13.8 Å². The first-order valence-electron chi connectivity index (χ1n) is 6.25. The highest BCUT2D eigenvalue weighted by Gasteiger charge is 2.31. The highest BCUT2D eigenvalue weighted by molar-refractivity contribution is 5.81. The van der Waals surface area contributed by atoms with Gasteiger partial charge in [-0.15, -0.1) is 0 Å². The Hall–Kier alpha value is -0.650. The van der Waals surface area contributed by atoms with E-state index in [0.717, 1.165) is 19.5 Å². The lowest BCUT2D eigenvalue weighted by Crippen LogP contribution is -2.45. The minimum Gasteiger partial charge on any atom is -0.393 e. The number of methoxy groups -OCH3 is 1. The number of rotatable bonds is 6.